The fourth-order valence-corrected chi connectivity index (χ4v) is 2.64. The number of benzene rings is 1. The van der Waals surface area contributed by atoms with Crippen LogP contribution in [-0.4, -0.2) is 15.6 Å². The molecule has 0 aliphatic rings. The fourth-order valence-electron chi connectivity index (χ4n) is 2.64. The zero-order valence-electron chi connectivity index (χ0n) is 10.7. The summed E-state index contributed by atoms with van der Waals surface area (Å²) in [5.74, 6) is -0.848. The van der Waals surface area contributed by atoms with E-state index in [2.05, 4.69) is 12.1 Å². The molecule has 0 amide bonds. The normalized spacial score (nSPS) is 11.1. The summed E-state index contributed by atoms with van der Waals surface area (Å²) in [5, 5.41) is 10.4. The SMILES string of the molecule is CCn1c(C(=O)O)c(C)c2c(C)ccc(C)c21. The minimum atomic E-state index is -0.848. The first kappa shape index (κ1) is 11.7. The maximum absolute atomic E-state index is 11.4. The van der Waals surface area contributed by atoms with E-state index in [9.17, 15) is 9.90 Å². The Kier molecular flexibility index (Phi) is 2.69. The lowest BCUT2D eigenvalue weighted by atomic mass is 10.0. The van der Waals surface area contributed by atoms with Gasteiger partial charge in [-0.15, -0.1) is 0 Å². The number of aryl methyl sites for hydroxylation is 4. The van der Waals surface area contributed by atoms with Gasteiger partial charge >= 0.3 is 5.97 Å². The first-order valence-corrected chi connectivity index (χ1v) is 5.81. The van der Waals surface area contributed by atoms with Crippen LogP contribution in [0.2, 0.25) is 0 Å². The molecular weight excluding hydrogens is 214 g/mol. The van der Waals surface area contributed by atoms with Gasteiger partial charge in [0.05, 0.1) is 5.52 Å². The van der Waals surface area contributed by atoms with Crippen LogP contribution in [0, 0.1) is 20.8 Å². The van der Waals surface area contributed by atoms with E-state index in [1.165, 1.54) is 0 Å². The van der Waals surface area contributed by atoms with Crippen LogP contribution >= 0.6 is 0 Å². The van der Waals surface area contributed by atoms with E-state index in [0.29, 0.717) is 12.2 Å². The minimum absolute atomic E-state index is 0.417. The van der Waals surface area contributed by atoms with E-state index in [1.807, 2.05) is 32.3 Å². The Morgan fingerprint density at radius 1 is 1.24 bits per heavy atom. The van der Waals surface area contributed by atoms with Crippen LogP contribution < -0.4 is 0 Å². The highest BCUT2D eigenvalue weighted by molar-refractivity contribution is 6.00. The van der Waals surface area contributed by atoms with Crippen LogP contribution in [-0.2, 0) is 6.54 Å². The second-order valence-corrected chi connectivity index (χ2v) is 4.45. The van der Waals surface area contributed by atoms with Gasteiger partial charge in [-0.05, 0) is 44.4 Å². The van der Waals surface area contributed by atoms with Crippen molar-refractivity contribution in [3.63, 3.8) is 0 Å². The number of carboxylic acids is 1. The van der Waals surface area contributed by atoms with Crippen LogP contribution in [0.3, 0.4) is 0 Å². The van der Waals surface area contributed by atoms with E-state index in [0.717, 1.165) is 27.6 Å². The number of hydrogen-bond donors (Lipinski definition) is 1. The molecule has 1 N–H and O–H groups in total. The molecule has 3 heteroatoms. The van der Waals surface area contributed by atoms with Gasteiger partial charge < -0.3 is 9.67 Å². The predicted molar refractivity (Wildman–Crippen MR) is 68.8 cm³/mol. The van der Waals surface area contributed by atoms with Crippen molar-refractivity contribution in [1.82, 2.24) is 4.57 Å². The lowest BCUT2D eigenvalue weighted by Gasteiger charge is -2.07. The standard InChI is InChI=1S/C14H17NO2/c1-5-15-12-9(3)7-6-8(2)11(12)10(4)13(15)14(16)17/h6-7H,5H2,1-4H3,(H,16,17). The highest BCUT2D eigenvalue weighted by Gasteiger charge is 2.20. The number of rotatable bonds is 2. The Labute approximate surface area is 101 Å². The molecule has 3 nitrogen and oxygen atoms in total. The molecule has 0 saturated carbocycles. The molecule has 0 aliphatic carbocycles. The molecule has 0 saturated heterocycles. The maximum atomic E-state index is 11.4. The summed E-state index contributed by atoms with van der Waals surface area (Å²) in [7, 11) is 0. The Morgan fingerprint density at radius 2 is 1.82 bits per heavy atom. The van der Waals surface area contributed by atoms with Gasteiger partial charge in [-0.2, -0.15) is 0 Å². The Hall–Kier alpha value is -1.77. The number of aromatic carboxylic acids is 1. The molecule has 0 unspecified atom stereocenters. The quantitative estimate of drug-likeness (QED) is 0.861. The molecular formula is C14H17NO2. The van der Waals surface area contributed by atoms with E-state index < -0.39 is 5.97 Å². The topological polar surface area (TPSA) is 42.2 Å². The van der Waals surface area contributed by atoms with Crippen molar-refractivity contribution in [1.29, 1.82) is 0 Å². The summed E-state index contributed by atoms with van der Waals surface area (Å²) in [4.78, 5) is 11.4. The average Bonchev–Trinajstić information content (AvgIpc) is 2.58. The van der Waals surface area contributed by atoms with Crippen LogP contribution in [0.5, 0.6) is 0 Å². The largest absolute Gasteiger partial charge is 0.477 e. The third-order valence-electron chi connectivity index (χ3n) is 3.38. The van der Waals surface area contributed by atoms with Crippen molar-refractivity contribution < 1.29 is 9.90 Å². The van der Waals surface area contributed by atoms with Crippen LogP contribution in [0.25, 0.3) is 10.9 Å². The summed E-state index contributed by atoms with van der Waals surface area (Å²) >= 11 is 0. The van der Waals surface area contributed by atoms with Gasteiger partial charge in [-0.25, -0.2) is 4.79 Å². The van der Waals surface area contributed by atoms with Crippen LogP contribution in [0.15, 0.2) is 12.1 Å². The van der Waals surface area contributed by atoms with Crippen LogP contribution in [0.4, 0.5) is 0 Å². The summed E-state index contributed by atoms with van der Waals surface area (Å²) in [6.45, 7) is 8.60. The smallest absolute Gasteiger partial charge is 0.352 e. The number of hydrogen-bond acceptors (Lipinski definition) is 1. The summed E-state index contributed by atoms with van der Waals surface area (Å²) < 4.78 is 1.90. The molecule has 0 aliphatic heterocycles. The molecule has 90 valence electrons. The van der Waals surface area contributed by atoms with Crippen molar-refractivity contribution in [2.45, 2.75) is 34.2 Å². The van der Waals surface area contributed by atoms with Crippen molar-refractivity contribution >= 4 is 16.9 Å². The van der Waals surface area contributed by atoms with Gasteiger partial charge in [0.1, 0.15) is 5.69 Å². The van der Waals surface area contributed by atoms with E-state index >= 15 is 0 Å². The third-order valence-corrected chi connectivity index (χ3v) is 3.38. The Morgan fingerprint density at radius 3 is 2.35 bits per heavy atom. The predicted octanol–water partition coefficient (Wildman–Crippen LogP) is 3.28. The second-order valence-electron chi connectivity index (χ2n) is 4.45. The molecule has 17 heavy (non-hydrogen) atoms. The van der Waals surface area contributed by atoms with E-state index in [1.54, 1.807) is 0 Å². The minimum Gasteiger partial charge on any atom is -0.477 e. The zero-order chi connectivity index (χ0) is 12.7. The van der Waals surface area contributed by atoms with E-state index in [-0.39, 0.29) is 0 Å². The van der Waals surface area contributed by atoms with Gasteiger partial charge in [0.25, 0.3) is 0 Å². The summed E-state index contributed by atoms with van der Waals surface area (Å²) in [6.07, 6.45) is 0. The lowest BCUT2D eigenvalue weighted by Crippen LogP contribution is -2.08. The van der Waals surface area contributed by atoms with Crippen LogP contribution in [0.1, 0.15) is 34.1 Å². The molecule has 1 aromatic heterocycles. The molecule has 0 radical (unpaired) electrons. The molecule has 0 spiro atoms. The van der Waals surface area contributed by atoms with Gasteiger partial charge in [-0.3, -0.25) is 0 Å². The molecule has 1 aromatic carbocycles. The number of carboxylic acid groups (broad SMARTS) is 1. The van der Waals surface area contributed by atoms with Gasteiger partial charge in [0.2, 0.25) is 0 Å². The van der Waals surface area contributed by atoms with Crippen molar-refractivity contribution in [3.8, 4) is 0 Å². The molecule has 1 heterocycles. The van der Waals surface area contributed by atoms with Crippen molar-refractivity contribution in [3.05, 3.63) is 34.5 Å². The third kappa shape index (κ3) is 1.54. The second kappa shape index (κ2) is 3.91. The fraction of sp³-hybridized carbons (Fsp3) is 0.357. The van der Waals surface area contributed by atoms with E-state index in [4.69, 9.17) is 0 Å². The Balaban J connectivity index is 3.04. The maximum Gasteiger partial charge on any atom is 0.352 e. The summed E-state index contributed by atoms with van der Waals surface area (Å²) in [6, 6.07) is 4.10. The molecule has 2 aromatic rings. The first-order valence-electron chi connectivity index (χ1n) is 5.81. The molecule has 0 atom stereocenters. The zero-order valence-corrected chi connectivity index (χ0v) is 10.7. The van der Waals surface area contributed by atoms with Crippen molar-refractivity contribution in [2.24, 2.45) is 0 Å². The molecule has 2 rings (SSSR count). The summed E-state index contributed by atoms with van der Waals surface area (Å²) in [5.41, 5.74) is 4.61. The number of carbonyl (C=O) groups is 1. The lowest BCUT2D eigenvalue weighted by molar-refractivity contribution is 0.0685. The average molecular weight is 231 g/mol. The monoisotopic (exact) mass is 231 g/mol. The highest BCUT2D eigenvalue weighted by Crippen LogP contribution is 2.30. The van der Waals surface area contributed by atoms with Crippen molar-refractivity contribution in [2.75, 3.05) is 0 Å². The highest BCUT2D eigenvalue weighted by atomic mass is 16.4. The molecule has 0 fully saturated rings. The first-order chi connectivity index (χ1) is 7.99. The Bertz CT molecular complexity index is 608. The number of aromatic nitrogens is 1. The van der Waals surface area contributed by atoms with Gasteiger partial charge in [0, 0.05) is 11.9 Å². The number of fused-ring (bicyclic) bond motifs is 1. The number of nitrogens with zero attached hydrogens (tertiary/aromatic N) is 1. The molecule has 0 bridgehead atoms. The van der Waals surface area contributed by atoms with Gasteiger partial charge in [0.15, 0.2) is 0 Å². The van der Waals surface area contributed by atoms with Gasteiger partial charge in [-0.1, -0.05) is 12.1 Å².